The Morgan fingerprint density at radius 2 is 1.94 bits per heavy atom. The molecule has 0 radical (unpaired) electrons. The maximum Gasteiger partial charge on any atom is 0.248 e. The summed E-state index contributed by atoms with van der Waals surface area (Å²) in [5.74, 6) is 0.419. The highest BCUT2D eigenvalue weighted by molar-refractivity contribution is 7.89. The minimum Gasteiger partial charge on any atom is -0.368 e. The number of nitrogens with one attached hydrogen (secondary N) is 2. The van der Waals surface area contributed by atoms with Crippen molar-refractivity contribution in [3.8, 4) is 5.13 Å². The maximum atomic E-state index is 12.5. The molecular formula is C19H22N8O2S2. The summed E-state index contributed by atoms with van der Waals surface area (Å²) in [4.78, 5) is 10.8. The van der Waals surface area contributed by atoms with Gasteiger partial charge in [0.2, 0.25) is 27.1 Å². The molecule has 0 atom stereocenters. The average Bonchev–Trinajstić information content (AvgIpc) is 3.30. The molecule has 31 heavy (non-hydrogen) atoms. The quantitative estimate of drug-likeness (QED) is 0.366. The van der Waals surface area contributed by atoms with Gasteiger partial charge in [-0.3, -0.25) is 0 Å². The highest BCUT2D eigenvalue weighted by Crippen LogP contribution is 2.26. The fraction of sp³-hybridized carbons (Fsp3) is 0.211. The third-order valence-electron chi connectivity index (χ3n) is 4.35. The third-order valence-corrected chi connectivity index (χ3v) is 6.82. The second-order valence-electron chi connectivity index (χ2n) is 7.02. The van der Waals surface area contributed by atoms with Gasteiger partial charge in [0.15, 0.2) is 0 Å². The lowest BCUT2D eigenvalue weighted by Gasteiger charge is -2.11. The number of nitrogens with two attached hydrogens (primary N) is 1. The van der Waals surface area contributed by atoms with Gasteiger partial charge in [0.25, 0.3) is 0 Å². The van der Waals surface area contributed by atoms with Gasteiger partial charge in [-0.1, -0.05) is 29.5 Å². The average molecular weight is 459 g/mol. The number of nitrogen functional groups attached to an aromatic ring is 1. The van der Waals surface area contributed by atoms with Gasteiger partial charge >= 0.3 is 0 Å². The minimum absolute atomic E-state index is 0.148. The zero-order valence-corrected chi connectivity index (χ0v) is 18.6. The number of fused-ring (bicyclic) bond motifs is 1. The molecule has 2 aromatic heterocycles. The highest BCUT2D eigenvalue weighted by atomic mass is 32.2. The Bertz CT molecular complexity index is 1280. The summed E-state index contributed by atoms with van der Waals surface area (Å²) in [5.41, 5.74) is 7.41. The van der Waals surface area contributed by atoms with Gasteiger partial charge in [-0.05, 0) is 44.4 Å². The predicted octanol–water partition coefficient (Wildman–Crippen LogP) is 2.04. The SMILES string of the molecule is CN(C)CCNS(=O)(=O)c1cccc(Nc2nc(N)n(-c3nc4ccccc4s3)n2)c1. The second kappa shape index (κ2) is 8.59. The molecule has 0 saturated heterocycles. The summed E-state index contributed by atoms with van der Waals surface area (Å²) in [6.45, 7) is 0.918. The summed E-state index contributed by atoms with van der Waals surface area (Å²) in [6, 6.07) is 14.2. The van der Waals surface area contributed by atoms with E-state index in [1.165, 1.54) is 28.2 Å². The van der Waals surface area contributed by atoms with Crippen LogP contribution in [0.25, 0.3) is 15.3 Å². The molecule has 4 aromatic rings. The normalized spacial score (nSPS) is 12.0. The van der Waals surface area contributed by atoms with Crippen molar-refractivity contribution in [3.05, 3.63) is 48.5 Å². The van der Waals surface area contributed by atoms with Crippen LogP contribution in [0.3, 0.4) is 0 Å². The Kier molecular flexibility index (Phi) is 5.87. The van der Waals surface area contributed by atoms with E-state index in [4.69, 9.17) is 5.73 Å². The first-order valence-corrected chi connectivity index (χ1v) is 11.7. The summed E-state index contributed by atoms with van der Waals surface area (Å²) >= 11 is 1.45. The van der Waals surface area contributed by atoms with Crippen LogP contribution < -0.4 is 15.8 Å². The Morgan fingerprint density at radius 1 is 1.13 bits per heavy atom. The Labute approximate surface area is 183 Å². The van der Waals surface area contributed by atoms with Gasteiger partial charge in [-0.15, -0.1) is 5.10 Å². The van der Waals surface area contributed by atoms with E-state index in [2.05, 4.69) is 25.1 Å². The fourth-order valence-corrected chi connectivity index (χ4v) is 4.82. The number of hydrogen-bond donors (Lipinski definition) is 3. The number of benzene rings is 2. The van der Waals surface area contributed by atoms with Crippen LogP contribution in [0.1, 0.15) is 0 Å². The van der Waals surface area contributed by atoms with Crippen molar-refractivity contribution < 1.29 is 8.42 Å². The zero-order valence-electron chi connectivity index (χ0n) is 17.0. The summed E-state index contributed by atoms with van der Waals surface area (Å²) in [5, 5.41) is 7.98. The highest BCUT2D eigenvalue weighted by Gasteiger charge is 2.16. The summed E-state index contributed by atoms with van der Waals surface area (Å²) in [6.07, 6.45) is 0. The van der Waals surface area contributed by atoms with Crippen LogP contribution in [0, 0.1) is 0 Å². The van der Waals surface area contributed by atoms with Gasteiger partial charge in [-0.25, -0.2) is 18.1 Å². The number of hydrogen-bond acceptors (Lipinski definition) is 9. The first-order chi connectivity index (χ1) is 14.8. The molecule has 12 heteroatoms. The van der Waals surface area contributed by atoms with Crippen LogP contribution in [0.15, 0.2) is 53.4 Å². The molecule has 0 bridgehead atoms. The number of aromatic nitrogens is 4. The summed E-state index contributed by atoms with van der Waals surface area (Å²) < 4.78 is 30.1. The van der Waals surface area contributed by atoms with E-state index in [1.54, 1.807) is 12.1 Å². The largest absolute Gasteiger partial charge is 0.368 e. The molecule has 4 rings (SSSR count). The van der Waals surface area contributed by atoms with Crippen molar-refractivity contribution in [3.63, 3.8) is 0 Å². The van der Waals surface area contributed by atoms with Gasteiger partial charge in [-0.2, -0.15) is 9.67 Å². The standard InChI is InChI=1S/C19H22N8O2S2/c1-26(2)11-10-21-31(28,29)14-7-5-6-13(12-14)22-18-24-17(20)27(25-18)19-23-15-8-3-4-9-16(15)30-19/h3-9,12,21H,10-11H2,1-2H3,(H3,20,22,24,25). The zero-order chi connectivity index (χ0) is 22.0. The number of rotatable bonds is 8. The molecular weight excluding hydrogens is 436 g/mol. The van der Waals surface area contributed by atoms with Crippen LogP contribution in [-0.4, -0.2) is 60.3 Å². The fourth-order valence-electron chi connectivity index (χ4n) is 2.83. The van der Waals surface area contributed by atoms with Crippen molar-refractivity contribution in [2.75, 3.05) is 38.2 Å². The van der Waals surface area contributed by atoms with Crippen molar-refractivity contribution in [2.24, 2.45) is 0 Å². The molecule has 10 nitrogen and oxygen atoms in total. The van der Waals surface area contributed by atoms with Gasteiger partial charge in [0.05, 0.1) is 15.1 Å². The number of para-hydroxylation sites is 1. The molecule has 0 aliphatic rings. The topological polar surface area (TPSA) is 131 Å². The lowest BCUT2D eigenvalue weighted by Crippen LogP contribution is -2.31. The first kappa shape index (κ1) is 21.2. The van der Waals surface area contributed by atoms with Gasteiger partial charge in [0, 0.05) is 18.8 Å². The Morgan fingerprint density at radius 3 is 2.71 bits per heavy atom. The minimum atomic E-state index is -3.63. The molecule has 2 aromatic carbocycles. The molecule has 0 amide bonds. The molecule has 4 N–H and O–H groups in total. The van der Waals surface area contributed by atoms with E-state index >= 15 is 0 Å². The number of thiazole rings is 1. The molecule has 0 unspecified atom stereocenters. The Balaban J connectivity index is 1.54. The van der Waals surface area contributed by atoms with Crippen molar-refractivity contribution >= 4 is 49.2 Å². The molecule has 0 aliphatic heterocycles. The lowest BCUT2D eigenvalue weighted by atomic mass is 10.3. The molecule has 162 valence electrons. The molecule has 2 heterocycles. The Hall–Kier alpha value is -3.06. The summed E-state index contributed by atoms with van der Waals surface area (Å²) in [7, 11) is 0.133. The van der Waals surface area contributed by atoms with Crippen molar-refractivity contribution in [2.45, 2.75) is 4.90 Å². The van der Waals surface area contributed by atoms with Crippen molar-refractivity contribution in [1.29, 1.82) is 0 Å². The first-order valence-electron chi connectivity index (χ1n) is 9.42. The van der Waals surface area contributed by atoms with E-state index in [1.807, 2.05) is 43.3 Å². The van der Waals surface area contributed by atoms with Gasteiger partial charge < -0.3 is 16.0 Å². The van der Waals surface area contributed by atoms with Crippen LogP contribution >= 0.6 is 11.3 Å². The van der Waals surface area contributed by atoms with E-state index in [9.17, 15) is 8.42 Å². The van der Waals surface area contributed by atoms with Crippen LogP contribution in [0.5, 0.6) is 0 Å². The van der Waals surface area contributed by atoms with Crippen LogP contribution in [-0.2, 0) is 10.0 Å². The number of sulfonamides is 1. The van der Waals surface area contributed by atoms with Crippen molar-refractivity contribution in [1.82, 2.24) is 29.4 Å². The molecule has 0 spiro atoms. The lowest BCUT2D eigenvalue weighted by molar-refractivity contribution is 0.412. The second-order valence-corrected chi connectivity index (χ2v) is 9.80. The van der Waals surface area contributed by atoms with E-state index in [0.29, 0.717) is 23.9 Å². The maximum absolute atomic E-state index is 12.5. The van der Waals surface area contributed by atoms with E-state index in [0.717, 1.165) is 10.2 Å². The van der Waals surface area contributed by atoms with E-state index in [-0.39, 0.29) is 16.8 Å². The monoisotopic (exact) mass is 458 g/mol. The van der Waals surface area contributed by atoms with Gasteiger partial charge in [0.1, 0.15) is 0 Å². The molecule has 0 fully saturated rings. The van der Waals surface area contributed by atoms with Crippen LogP contribution in [0.2, 0.25) is 0 Å². The number of nitrogens with zero attached hydrogens (tertiary/aromatic N) is 5. The number of likely N-dealkylation sites (N-methyl/N-ethyl adjacent to an activating group) is 1. The third kappa shape index (κ3) is 4.82. The number of anilines is 3. The predicted molar refractivity (Wildman–Crippen MR) is 122 cm³/mol. The molecule has 0 saturated carbocycles. The van der Waals surface area contributed by atoms with Crippen LogP contribution in [0.4, 0.5) is 17.6 Å². The molecule has 0 aliphatic carbocycles. The smallest absolute Gasteiger partial charge is 0.248 e. The van der Waals surface area contributed by atoms with E-state index < -0.39 is 10.0 Å².